The molecule has 0 amide bonds. The Morgan fingerprint density at radius 2 is 1.06 bits per heavy atom. The fourth-order valence-corrected chi connectivity index (χ4v) is 1.12. The normalized spacial score (nSPS) is 9.78. The molecule has 0 nitrogen and oxygen atoms in total. The van der Waals surface area contributed by atoms with Crippen molar-refractivity contribution < 1.29 is 18.6 Å². The van der Waals surface area contributed by atoms with Crippen molar-refractivity contribution in [2.75, 3.05) is 0 Å². The molecule has 18 heavy (non-hydrogen) atoms. The second kappa shape index (κ2) is 8.18. The molecule has 0 fully saturated rings. The van der Waals surface area contributed by atoms with Crippen LogP contribution in [0.2, 0.25) is 0 Å². The van der Waals surface area contributed by atoms with Crippen LogP contribution in [-0.2, 0) is 18.6 Å². The standard InChI is InChI=1S/C12H8.C5H12.V/c1-3-7-11(8-4-1)12-9-5-2-6-10-12;1-5(2,3)4;/h1-7,9H;1-4H3;/q-2;;+2. The van der Waals surface area contributed by atoms with Crippen molar-refractivity contribution in [2.45, 2.75) is 27.7 Å². The molecule has 0 bridgehead atoms. The van der Waals surface area contributed by atoms with Gasteiger partial charge in [0.2, 0.25) is 0 Å². The molecule has 1 radical (unpaired) electrons. The van der Waals surface area contributed by atoms with Gasteiger partial charge in [-0.3, -0.25) is 0 Å². The monoisotopic (exact) mass is 275 g/mol. The summed E-state index contributed by atoms with van der Waals surface area (Å²) < 4.78 is 0. The minimum absolute atomic E-state index is 0. The quantitative estimate of drug-likeness (QED) is 0.642. The molecule has 1 heteroatoms. The van der Waals surface area contributed by atoms with Crippen LogP contribution in [0.5, 0.6) is 0 Å². The molecule has 0 unspecified atom stereocenters. The number of rotatable bonds is 1. The summed E-state index contributed by atoms with van der Waals surface area (Å²) in [6.45, 7) is 8.75. The van der Waals surface area contributed by atoms with Gasteiger partial charge in [0, 0.05) is 0 Å². The zero-order valence-electron chi connectivity index (χ0n) is 11.6. The SMILES string of the molecule is CC(C)(C)C.[V+2].[c-]1ccccc1-c1[c-]cccc1. The van der Waals surface area contributed by atoms with Crippen LogP contribution in [0, 0.1) is 17.5 Å². The largest absolute Gasteiger partial charge is 2.00 e. The van der Waals surface area contributed by atoms with E-state index in [-0.39, 0.29) is 18.6 Å². The molecular formula is C17H20V. The zero-order valence-corrected chi connectivity index (χ0v) is 13.0. The van der Waals surface area contributed by atoms with E-state index in [9.17, 15) is 0 Å². The first-order valence-electron chi connectivity index (χ1n) is 5.90. The van der Waals surface area contributed by atoms with Gasteiger partial charge in [0.15, 0.2) is 0 Å². The van der Waals surface area contributed by atoms with Crippen molar-refractivity contribution in [3.8, 4) is 11.1 Å². The van der Waals surface area contributed by atoms with Crippen molar-refractivity contribution in [3.05, 3.63) is 60.7 Å². The van der Waals surface area contributed by atoms with Crippen LogP contribution in [0.25, 0.3) is 11.1 Å². The van der Waals surface area contributed by atoms with E-state index >= 15 is 0 Å². The van der Waals surface area contributed by atoms with Crippen molar-refractivity contribution in [1.82, 2.24) is 0 Å². The molecule has 0 heterocycles. The first-order valence-corrected chi connectivity index (χ1v) is 5.90. The van der Waals surface area contributed by atoms with Gasteiger partial charge in [-0.1, -0.05) is 27.7 Å². The molecule has 0 aliphatic carbocycles. The molecule has 0 saturated carbocycles. The van der Waals surface area contributed by atoms with Crippen LogP contribution < -0.4 is 0 Å². The van der Waals surface area contributed by atoms with E-state index in [1.54, 1.807) is 0 Å². The van der Waals surface area contributed by atoms with Crippen LogP contribution in [-0.4, -0.2) is 0 Å². The minimum atomic E-state index is 0. The third-order valence-corrected chi connectivity index (χ3v) is 1.71. The van der Waals surface area contributed by atoms with Gasteiger partial charge in [-0.25, -0.2) is 11.1 Å². The van der Waals surface area contributed by atoms with Crippen LogP contribution >= 0.6 is 0 Å². The Morgan fingerprint density at radius 1 is 0.722 bits per heavy atom. The van der Waals surface area contributed by atoms with Gasteiger partial charge in [-0.05, 0) is 5.41 Å². The molecule has 0 aliphatic rings. The summed E-state index contributed by atoms with van der Waals surface area (Å²) in [6, 6.07) is 22.1. The Bertz CT molecular complexity index is 369. The smallest absolute Gasteiger partial charge is 0.226 e. The second-order valence-electron chi connectivity index (χ2n) is 5.55. The summed E-state index contributed by atoms with van der Waals surface area (Å²) in [5.41, 5.74) is 2.69. The van der Waals surface area contributed by atoms with Gasteiger partial charge in [0.1, 0.15) is 0 Å². The van der Waals surface area contributed by atoms with Crippen LogP contribution in [0.3, 0.4) is 0 Å². The van der Waals surface area contributed by atoms with Gasteiger partial charge < -0.3 is 0 Å². The Labute approximate surface area is 123 Å². The van der Waals surface area contributed by atoms with Gasteiger partial charge in [-0.2, -0.15) is 48.5 Å². The third-order valence-electron chi connectivity index (χ3n) is 1.71. The third kappa shape index (κ3) is 8.16. The predicted octanol–water partition coefficient (Wildman–Crippen LogP) is 5.00. The zero-order chi connectivity index (χ0) is 12.7. The Morgan fingerprint density at radius 3 is 1.28 bits per heavy atom. The Balaban J connectivity index is 0.000000421. The van der Waals surface area contributed by atoms with Crippen molar-refractivity contribution >= 4 is 0 Å². The number of hydrogen-bond acceptors (Lipinski definition) is 0. The number of benzene rings is 2. The van der Waals surface area contributed by atoms with E-state index in [2.05, 4.69) is 39.8 Å². The molecule has 0 aromatic heterocycles. The molecule has 93 valence electrons. The molecule has 2 aromatic rings. The molecular weight excluding hydrogens is 255 g/mol. The first kappa shape index (κ1) is 17.0. The van der Waals surface area contributed by atoms with E-state index in [1.165, 1.54) is 0 Å². The maximum atomic E-state index is 3.15. The summed E-state index contributed by atoms with van der Waals surface area (Å²) in [5.74, 6) is 0. The van der Waals surface area contributed by atoms with Crippen LogP contribution in [0.1, 0.15) is 27.7 Å². The fourth-order valence-electron chi connectivity index (χ4n) is 1.12. The summed E-state index contributed by atoms with van der Waals surface area (Å²) in [4.78, 5) is 0. The average Bonchev–Trinajstić information content (AvgIpc) is 2.29. The van der Waals surface area contributed by atoms with E-state index < -0.39 is 0 Å². The van der Waals surface area contributed by atoms with Crippen molar-refractivity contribution in [2.24, 2.45) is 5.41 Å². The molecule has 0 N–H and O–H groups in total. The fraction of sp³-hybridized carbons (Fsp3) is 0.294. The van der Waals surface area contributed by atoms with Gasteiger partial charge in [-0.15, -0.1) is 12.1 Å². The van der Waals surface area contributed by atoms with Gasteiger partial charge in [0.05, 0.1) is 0 Å². The Kier molecular flexibility index (Phi) is 7.74. The van der Waals surface area contributed by atoms with Crippen LogP contribution in [0.15, 0.2) is 48.5 Å². The molecule has 0 atom stereocenters. The average molecular weight is 275 g/mol. The molecule has 0 aliphatic heterocycles. The maximum Gasteiger partial charge on any atom is 2.00 e. The van der Waals surface area contributed by atoms with Gasteiger partial charge >= 0.3 is 18.6 Å². The van der Waals surface area contributed by atoms with E-state index in [0.717, 1.165) is 11.1 Å². The van der Waals surface area contributed by atoms with E-state index in [0.29, 0.717) is 5.41 Å². The topological polar surface area (TPSA) is 0 Å². The van der Waals surface area contributed by atoms with E-state index in [4.69, 9.17) is 0 Å². The summed E-state index contributed by atoms with van der Waals surface area (Å²) in [5, 5.41) is 0. The number of hydrogen-bond donors (Lipinski definition) is 0. The van der Waals surface area contributed by atoms with E-state index in [1.807, 2.05) is 48.5 Å². The molecule has 2 rings (SSSR count). The van der Waals surface area contributed by atoms with Crippen molar-refractivity contribution in [3.63, 3.8) is 0 Å². The maximum absolute atomic E-state index is 3.15. The summed E-state index contributed by atoms with van der Waals surface area (Å²) in [6.07, 6.45) is 0. The predicted molar refractivity (Wildman–Crippen MR) is 74.7 cm³/mol. The second-order valence-corrected chi connectivity index (χ2v) is 5.55. The summed E-state index contributed by atoms with van der Waals surface area (Å²) >= 11 is 0. The summed E-state index contributed by atoms with van der Waals surface area (Å²) in [7, 11) is 0. The van der Waals surface area contributed by atoms with Crippen molar-refractivity contribution in [1.29, 1.82) is 0 Å². The van der Waals surface area contributed by atoms with Crippen LogP contribution in [0.4, 0.5) is 0 Å². The first-order chi connectivity index (χ1) is 7.97. The molecule has 2 aromatic carbocycles. The van der Waals surface area contributed by atoms with Gasteiger partial charge in [0.25, 0.3) is 0 Å². The molecule has 0 saturated heterocycles. The molecule has 0 spiro atoms. The minimum Gasteiger partial charge on any atom is -0.226 e. The Hall–Kier alpha value is -0.976.